The predicted molar refractivity (Wildman–Crippen MR) is 50.9 cm³/mol. The van der Waals surface area contributed by atoms with Gasteiger partial charge in [-0.1, -0.05) is 6.58 Å². The van der Waals surface area contributed by atoms with Crippen LogP contribution in [0, 0.1) is 0 Å². The molecule has 0 bridgehead atoms. The van der Waals surface area contributed by atoms with E-state index in [1.807, 2.05) is 0 Å². The smallest absolute Gasteiger partial charge is 0.327 e. The highest BCUT2D eigenvalue weighted by molar-refractivity contribution is 7.51. The van der Waals surface area contributed by atoms with Gasteiger partial charge in [-0.05, 0) is 0 Å². The maximum Gasteiger partial charge on any atom is 0.327 e. The highest BCUT2D eigenvalue weighted by atomic mass is 31.2. The summed E-state index contributed by atoms with van der Waals surface area (Å²) < 4.78 is 15.2. The topological polar surface area (TPSA) is 95.9 Å². The van der Waals surface area contributed by atoms with Crippen LogP contribution in [0.4, 0.5) is 0 Å². The number of ether oxygens (including phenoxy) is 1. The molecule has 0 aliphatic rings. The Morgan fingerprint density at radius 1 is 1.57 bits per heavy atom. The van der Waals surface area contributed by atoms with E-state index in [0.717, 1.165) is 0 Å². The van der Waals surface area contributed by atoms with Crippen molar-refractivity contribution >= 4 is 13.5 Å². The third kappa shape index (κ3) is 6.80. The van der Waals surface area contributed by atoms with Crippen molar-refractivity contribution in [2.75, 3.05) is 26.4 Å². The third-order valence-corrected chi connectivity index (χ3v) is 2.12. The van der Waals surface area contributed by atoms with Gasteiger partial charge >= 0.3 is 7.60 Å². The standard InChI is InChI=1S/C7H14NO5P/c1-6(7(9)8-2)5-13-3-4-14(10,11)12/h1,3-5H2,2H3,(H,8,9)(H2,10,11,12). The Labute approximate surface area is 82.1 Å². The minimum absolute atomic E-state index is 0.0281. The van der Waals surface area contributed by atoms with Crippen molar-refractivity contribution in [2.45, 2.75) is 0 Å². The van der Waals surface area contributed by atoms with Crippen molar-refractivity contribution < 1.29 is 23.9 Å². The minimum atomic E-state index is -4.01. The Kier molecular flexibility index (Phi) is 5.64. The van der Waals surface area contributed by atoms with E-state index in [4.69, 9.17) is 14.5 Å². The van der Waals surface area contributed by atoms with E-state index in [1.165, 1.54) is 7.05 Å². The van der Waals surface area contributed by atoms with Gasteiger partial charge in [0.25, 0.3) is 0 Å². The molecule has 6 nitrogen and oxygen atoms in total. The Bertz CT molecular complexity index is 259. The van der Waals surface area contributed by atoms with Gasteiger partial charge in [-0.25, -0.2) is 0 Å². The molecule has 0 saturated heterocycles. The lowest BCUT2D eigenvalue weighted by atomic mass is 10.3. The second-order valence-electron chi connectivity index (χ2n) is 2.62. The van der Waals surface area contributed by atoms with Gasteiger partial charge in [-0.2, -0.15) is 0 Å². The molecule has 0 spiro atoms. The van der Waals surface area contributed by atoms with Crippen molar-refractivity contribution in [1.82, 2.24) is 5.32 Å². The average Bonchev–Trinajstić information content (AvgIpc) is 2.09. The fraction of sp³-hybridized carbons (Fsp3) is 0.571. The minimum Gasteiger partial charge on any atom is -0.376 e. The second kappa shape index (κ2) is 5.93. The van der Waals surface area contributed by atoms with Crippen LogP contribution >= 0.6 is 7.60 Å². The van der Waals surface area contributed by atoms with Crippen molar-refractivity contribution in [3.8, 4) is 0 Å². The van der Waals surface area contributed by atoms with E-state index < -0.39 is 7.60 Å². The van der Waals surface area contributed by atoms with Crippen LogP contribution in [0.3, 0.4) is 0 Å². The number of rotatable bonds is 6. The van der Waals surface area contributed by atoms with Crippen LogP contribution < -0.4 is 5.32 Å². The van der Waals surface area contributed by atoms with Crippen molar-refractivity contribution in [3.05, 3.63) is 12.2 Å². The summed E-state index contributed by atoms with van der Waals surface area (Å²) in [5, 5.41) is 2.35. The molecule has 0 unspecified atom stereocenters. The number of amides is 1. The molecule has 82 valence electrons. The van der Waals surface area contributed by atoms with Crippen LogP contribution in [0.25, 0.3) is 0 Å². The highest BCUT2D eigenvalue weighted by Crippen LogP contribution is 2.33. The first-order valence-electron chi connectivity index (χ1n) is 3.89. The zero-order chi connectivity index (χ0) is 11.2. The summed E-state index contributed by atoms with van der Waals surface area (Å²) in [6.07, 6.45) is -0.353. The number of hydrogen-bond donors (Lipinski definition) is 3. The number of nitrogens with one attached hydrogen (secondary N) is 1. The van der Waals surface area contributed by atoms with Crippen molar-refractivity contribution in [2.24, 2.45) is 0 Å². The zero-order valence-corrected chi connectivity index (χ0v) is 8.79. The summed E-state index contributed by atoms with van der Waals surface area (Å²) in [4.78, 5) is 27.8. The first-order chi connectivity index (χ1) is 6.37. The molecule has 0 aliphatic heterocycles. The molecular weight excluding hydrogens is 209 g/mol. The lowest BCUT2D eigenvalue weighted by Crippen LogP contribution is -2.22. The van der Waals surface area contributed by atoms with E-state index in [9.17, 15) is 9.36 Å². The summed E-state index contributed by atoms with van der Waals surface area (Å²) in [5.41, 5.74) is 0.221. The largest absolute Gasteiger partial charge is 0.376 e. The molecule has 0 aliphatic carbocycles. The van der Waals surface area contributed by atoms with Crippen molar-refractivity contribution in [1.29, 1.82) is 0 Å². The predicted octanol–water partition coefficient (Wildman–Crippen LogP) is -0.517. The molecule has 14 heavy (non-hydrogen) atoms. The highest BCUT2D eigenvalue weighted by Gasteiger charge is 2.12. The number of hydrogen-bond acceptors (Lipinski definition) is 3. The van der Waals surface area contributed by atoms with Gasteiger partial charge < -0.3 is 19.8 Å². The maximum atomic E-state index is 10.9. The molecule has 0 rings (SSSR count). The normalized spacial score (nSPS) is 11.1. The Morgan fingerprint density at radius 3 is 2.57 bits per heavy atom. The van der Waals surface area contributed by atoms with E-state index in [-0.39, 0.29) is 30.9 Å². The lowest BCUT2D eigenvalue weighted by molar-refractivity contribution is -0.117. The Hall–Kier alpha value is -0.680. The fourth-order valence-corrected chi connectivity index (χ4v) is 0.988. The van der Waals surface area contributed by atoms with Gasteiger partial charge in [-0.3, -0.25) is 9.36 Å². The Morgan fingerprint density at radius 2 is 2.14 bits per heavy atom. The molecule has 0 fully saturated rings. The van der Waals surface area contributed by atoms with Gasteiger partial charge in [0.1, 0.15) is 0 Å². The van der Waals surface area contributed by atoms with Crippen molar-refractivity contribution in [3.63, 3.8) is 0 Å². The van der Waals surface area contributed by atoms with E-state index in [0.29, 0.717) is 0 Å². The SMILES string of the molecule is C=C(COCCP(=O)(O)O)C(=O)NC. The molecule has 0 saturated carbocycles. The molecule has 0 aromatic heterocycles. The molecular formula is C7H14NO5P. The summed E-state index contributed by atoms with van der Waals surface area (Å²) in [6.45, 7) is 3.30. The number of carbonyl (C=O) groups excluding carboxylic acids is 1. The van der Waals surface area contributed by atoms with Gasteiger partial charge in [0.15, 0.2) is 0 Å². The third-order valence-electron chi connectivity index (χ3n) is 1.35. The van der Waals surface area contributed by atoms with Gasteiger partial charge in [0.05, 0.1) is 19.4 Å². The van der Waals surface area contributed by atoms with Crippen LogP contribution in [-0.4, -0.2) is 42.1 Å². The Balaban J connectivity index is 3.61. The molecule has 0 aromatic carbocycles. The maximum absolute atomic E-state index is 10.9. The first-order valence-corrected chi connectivity index (χ1v) is 5.68. The van der Waals surface area contributed by atoms with E-state index in [1.54, 1.807) is 0 Å². The molecule has 1 amide bonds. The summed E-state index contributed by atoms with van der Waals surface area (Å²) >= 11 is 0. The summed E-state index contributed by atoms with van der Waals surface area (Å²) in [7, 11) is -2.55. The van der Waals surface area contributed by atoms with E-state index in [2.05, 4.69) is 11.9 Å². The molecule has 3 N–H and O–H groups in total. The fourth-order valence-electron chi connectivity index (χ4n) is 0.621. The number of likely N-dealkylation sites (N-methyl/N-ethyl adjacent to an activating group) is 1. The van der Waals surface area contributed by atoms with Crippen LogP contribution in [0.2, 0.25) is 0 Å². The van der Waals surface area contributed by atoms with Gasteiger partial charge in [-0.15, -0.1) is 0 Å². The molecule has 0 radical (unpaired) electrons. The van der Waals surface area contributed by atoms with Crippen LogP contribution in [0.5, 0.6) is 0 Å². The van der Waals surface area contributed by atoms with Crippen LogP contribution in [-0.2, 0) is 14.1 Å². The summed E-state index contributed by atoms with van der Waals surface area (Å²) in [5.74, 6) is -0.346. The lowest BCUT2D eigenvalue weighted by Gasteiger charge is -2.06. The van der Waals surface area contributed by atoms with Crippen LogP contribution in [0.1, 0.15) is 0 Å². The molecule has 0 heterocycles. The average molecular weight is 223 g/mol. The first kappa shape index (κ1) is 13.3. The van der Waals surface area contributed by atoms with E-state index >= 15 is 0 Å². The quantitative estimate of drug-likeness (QED) is 0.320. The molecule has 7 heteroatoms. The number of carbonyl (C=O) groups is 1. The monoisotopic (exact) mass is 223 g/mol. The van der Waals surface area contributed by atoms with Crippen LogP contribution in [0.15, 0.2) is 12.2 Å². The summed E-state index contributed by atoms with van der Waals surface area (Å²) in [6, 6.07) is 0. The van der Waals surface area contributed by atoms with Gasteiger partial charge in [0.2, 0.25) is 5.91 Å². The molecule has 0 atom stereocenters. The zero-order valence-electron chi connectivity index (χ0n) is 7.89. The molecule has 0 aromatic rings. The second-order valence-corrected chi connectivity index (χ2v) is 4.40. The van der Waals surface area contributed by atoms with Gasteiger partial charge in [0, 0.05) is 12.6 Å².